The van der Waals surface area contributed by atoms with Crippen molar-refractivity contribution in [1.82, 2.24) is 29.2 Å². The van der Waals surface area contributed by atoms with Gasteiger partial charge >= 0.3 is 0 Å². The number of aryl methyl sites for hydroxylation is 3. The smallest absolute Gasteiger partial charge is 0.140 e. The SMILES string of the molecule is Cc1nn(C)cc1CN1CC(Cn2c(C)cnc2-c2ccncc2)C1. The van der Waals surface area contributed by atoms with Crippen LogP contribution in [0, 0.1) is 19.8 Å². The van der Waals surface area contributed by atoms with Gasteiger partial charge in [-0.2, -0.15) is 5.10 Å². The lowest BCUT2D eigenvalue weighted by molar-refractivity contribution is 0.0801. The van der Waals surface area contributed by atoms with E-state index in [9.17, 15) is 0 Å². The second-order valence-corrected chi connectivity index (χ2v) is 7.04. The molecule has 4 heterocycles. The third kappa shape index (κ3) is 3.22. The van der Waals surface area contributed by atoms with E-state index >= 15 is 0 Å². The van der Waals surface area contributed by atoms with E-state index in [0.717, 1.165) is 43.3 Å². The minimum Gasteiger partial charge on any atom is -0.328 e. The average Bonchev–Trinajstić information content (AvgIpc) is 3.08. The lowest BCUT2D eigenvalue weighted by Crippen LogP contribution is -2.47. The normalized spacial score (nSPS) is 15.5. The van der Waals surface area contributed by atoms with Crippen LogP contribution in [0.2, 0.25) is 0 Å². The molecule has 6 nitrogen and oxygen atoms in total. The Morgan fingerprint density at radius 2 is 1.92 bits per heavy atom. The predicted octanol–water partition coefficient (Wildman–Crippen LogP) is 2.43. The molecule has 0 saturated carbocycles. The molecular formula is C19H24N6. The monoisotopic (exact) mass is 336 g/mol. The number of aromatic nitrogens is 5. The third-order valence-corrected chi connectivity index (χ3v) is 4.98. The molecule has 0 aromatic carbocycles. The Morgan fingerprint density at radius 3 is 2.60 bits per heavy atom. The van der Waals surface area contributed by atoms with Crippen molar-refractivity contribution < 1.29 is 0 Å². The van der Waals surface area contributed by atoms with E-state index in [1.54, 1.807) is 0 Å². The Morgan fingerprint density at radius 1 is 1.16 bits per heavy atom. The molecule has 0 atom stereocenters. The van der Waals surface area contributed by atoms with Gasteiger partial charge in [-0.3, -0.25) is 14.6 Å². The first kappa shape index (κ1) is 16.0. The Bertz CT molecular complexity index is 857. The van der Waals surface area contributed by atoms with Gasteiger partial charge in [0.1, 0.15) is 5.82 Å². The lowest BCUT2D eigenvalue weighted by Gasteiger charge is -2.39. The Balaban J connectivity index is 1.40. The van der Waals surface area contributed by atoms with Crippen molar-refractivity contribution in [3.63, 3.8) is 0 Å². The summed E-state index contributed by atoms with van der Waals surface area (Å²) in [6.45, 7) is 8.49. The quantitative estimate of drug-likeness (QED) is 0.718. The van der Waals surface area contributed by atoms with Gasteiger partial charge in [0.25, 0.3) is 0 Å². The highest BCUT2D eigenvalue weighted by Crippen LogP contribution is 2.25. The first-order valence-corrected chi connectivity index (χ1v) is 8.74. The summed E-state index contributed by atoms with van der Waals surface area (Å²) in [4.78, 5) is 11.2. The zero-order chi connectivity index (χ0) is 17.4. The molecule has 1 saturated heterocycles. The van der Waals surface area contributed by atoms with Crippen molar-refractivity contribution in [3.05, 3.63) is 53.9 Å². The molecule has 3 aromatic heterocycles. The molecule has 1 aliphatic rings. The van der Waals surface area contributed by atoms with E-state index < -0.39 is 0 Å². The Kier molecular flexibility index (Phi) is 4.13. The number of hydrogen-bond acceptors (Lipinski definition) is 4. The van der Waals surface area contributed by atoms with Crippen LogP contribution >= 0.6 is 0 Å². The standard InChI is InChI=1S/C19H24N6/c1-14-8-21-19(17-4-6-20-7-5-17)25(14)11-16-9-24(10-16)13-18-12-23(3)22-15(18)2/h4-8,12,16H,9-11,13H2,1-3H3. The number of rotatable bonds is 5. The number of imidazole rings is 1. The van der Waals surface area contributed by atoms with E-state index in [2.05, 4.69) is 44.6 Å². The van der Waals surface area contributed by atoms with Crippen molar-refractivity contribution in [1.29, 1.82) is 0 Å². The maximum atomic E-state index is 4.61. The highest BCUT2D eigenvalue weighted by molar-refractivity contribution is 5.55. The molecule has 0 amide bonds. The van der Waals surface area contributed by atoms with Crippen molar-refractivity contribution in [3.8, 4) is 11.4 Å². The fourth-order valence-corrected chi connectivity index (χ4v) is 3.65. The van der Waals surface area contributed by atoms with Gasteiger partial charge in [-0.1, -0.05) is 0 Å². The summed E-state index contributed by atoms with van der Waals surface area (Å²) in [5.74, 6) is 1.71. The van der Waals surface area contributed by atoms with Crippen LogP contribution in [0.3, 0.4) is 0 Å². The van der Waals surface area contributed by atoms with Crippen LogP contribution in [-0.4, -0.2) is 42.3 Å². The molecule has 0 bridgehead atoms. The average molecular weight is 336 g/mol. The number of hydrogen-bond donors (Lipinski definition) is 0. The van der Waals surface area contributed by atoms with Crippen molar-refractivity contribution in [2.24, 2.45) is 13.0 Å². The molecule has 1 fully saturated rings. The highest BCUT2D eigenvalue weighted by Gasteiger charge is 2.28. The van der Waals surface area contributed by atoms with Gasteiger partial charge in [-0.25, -0.2) is 4.98 Å². The molecule has 0 N–H and O–H groups in total. The molecule has 0 radical (unpaired) electrons. The second kappa shape index (κ2) is 6.44. The van der Waals surface area contributed by atoms with Crippen molar-refractivity contribution in [2.75, 3.05) is 13.1 Å². The molecular weight excluding hydrogens is 312 g/mol. The Hall–Kier alpha value is -2.47. The minimum atomic E-state index is 0.672. The number of nitrogens with zero attached hydrogens (tertiary/aromatic N) is 6. The summed E-state index contributed by atoms with van der Waals surface area (Å²) in [6, 6.07) is 4.05. The van der Waals surface area contributed by atoms with Gasteiger partial charge in [-0.15, -0.1) is 0 Å². The van der Waals surface area contributed by atoms with Crippen LogP contribution in [0.5, 0.6) is 0 Å². The van der Waals surface area contributed by atoms with Gasteiger partial charge in [0.05, 0.1) is 5.69 Å². The van der Waals surface area contributed by atoms with Crippen LogP contribution in [-0.2, 0) is 20.1 Å². The fraction of sp³-hybridized carbons (Fsp3) is 0.421. The summed E-state index contributed by atoms with van der Waals surface area (Å²) in [7, 11) is 1.98. The maximum Gasteiger partial charge on any atom is 0.140 e. The summed E-state index contributed by atoms with van der Waals surface area (Å²) < 4.78 is 4.24. The second-order valence-electron chi connectivity index (χ2n) is 7.04. The summed E-state index contributed by atoms with van der Waals surface area (Å²) in [6.07, 6.45) is 7.74. The van der Waals surface area contributed by atoms with Gasteiger partial charge in [0.15, 0.2) is 0 Å². The highest BCUT2D eigenvalue weighted by atomic mass is 15.3. The Labute approximate surface area is 148 Å². The topological polar surface area (TPSA) is 51.8 Å². The summed E-state index contributed by atoms with van der Waals surface area (Å²) in [5, 5.41) is 4.43. The zero-order valence-corrected chi connectivity index (χ0v) is 15.1. The predicted molar refractivity (Wildman–Crippen MR) is 96.9 cm³/mol. The molecule has 1 aliphatic heterocycles. The molecule has 0 unspecified atom stereocenters. The van der Waals surface area contributed by atoms with Crippen molar-refractivity contribution >= 4 is 0 Å². The maximum absolute atomic E-state index is 4.61. The van der Waals surface area contributed by atoms with Crippen LogP contribution in [0.25, 0.3) is 11.4 Å². The van der Waals surface area contributed by atoms with Gasteiger partial charge in [-0.05, 0) is 26.0 Å². The number of likely N-dealkylation sites (tertiary alicyclic amines) is 1. The first-order chi connectivity index (χ1) is 12.1. The summed E-state index contributed by atoms with van der Waals surface area (Å²) >= 11 is 0. The van der Waals surface area contributed by atoms with Crippen LogP contribution in [0.15, 0.2) is 36.9 Å². The molecule has 3 aromatic rings. The molecule has 0 spiro atoms. The van der Waals surface area contributed by atoms with E-state index in [0.29, 0.717) is 5.92 Å². The summed E-state index contributed by atoms with van der Waals surface area (Å²) in [5.41, 5.74) is 4.81. The third-order valence-electron chi connectivity index (χ3n) is 4.98. The van der Waals surface area contributed by atoms with E-state index in [4.69, 9.17) is 0 Å². The van der Waals surface area contributed by atoms with E-state index in [-0.39, 0.29) is 0 Å². The number of pyridine rings is 1. The zero-order valence-electron chi connectivity index (χ0n) is 15.1. The molecule has 25 heavy (non-hydrogen) atoms. The van der Waals surface area contributed by atoms with E-state index in [1.165, 1.54) is 11.3 Å². The van der Waals surface area contributed by atoms with Gasteiger partial charge in [0.2, 0.25) is 0 Å². The molecule has 0 aliphatic carbocycles. The van der Waals surface area contributed by atoms with Crippen molar-refractivity contribution in [2.45, 2.75) is 26.9 Å². The van der Waals surface area contributed by atoms with Crippen LogP contribution in [0.4, 0.5) is 0 Å². The minimum absolute atomic E-state index is 0.672. The van der Waals surface area contributed by atoms with Gasteiger partial charge < -0.3 is 4.57 Å². The largest absolute Gasteiger partial charge is 0.328 e. The lowest BCUT2D eigenvalue weighted by atomic mass is 9.99. The van der Waals surface area contributed by atoms with Crippen LogP contribution < -0.4 is 0 Å². The molecule has 130 valence electrons. The van der Waals surface area contributed by atoms with Crippen LogP contribution in [0.1, 0.15) is 17.0 Å². The van der Waals surface area contributed by atoms with E-state index in [1.807, 2.05) is 42.5 Å². The van der Waals surface area contributed by atoms with Gasteiger partial charge in [0, 0.05) is 80.8 Å². The fourth-order valence-electron chi connectivity index (χ4n) is 3.65. The molecule has 4 rings (SSSR count). The molecule has 6 heteroatoms. The first-order valence-electron chi connectivity index (χ1n) is 8.74.